The number of hydrogen-bond donors (Lipinski definition) is 2. The van der Waals surface area contributed by atoms with Crippen LogP contribution in [0.2, 0.25) is 31.0 Å². The van der Waals surface area contributed by atoms with Crippen LogP contribution < -0.4 is 10.6 Å². The van der Waals surface area contributed by atoms with Gasteiger partial charge in [-0.15, -0.1) is 3.77 Å². The standard InChI is InChI=1S/C24H35ClIN7O6S2Si/c1-42(2,3)13-12-41(38,39)31-40(37,11-7-4-8-27-22-21(26)17-28-23(25)30-22)20-15-18(14-19(16-20)33(35)36)29-24(34)32-9-5-6-10-32/h14-17H,4-13H2,1-3H3,(H,29,34)(H,27,28,30). The van der Waals surface area contributed by atoms with Crippen molar-refractivity contribution in [3.05, 3.63) is 43.4 Å². The van der Waals surface area contributed by atoms with E-state index in [9.17, 15) is 27.5 Å². The fourth-order valence-corrected chi connectivity index (χ4v) is 11.9. The van der Waals surface area contributed by atoms with Gasteiger partial charge in [-0.25, -0.2) is 22.4 Å². The maximum absolute atomic E-state index is 14.4. The molecule has 1 aliphatic rings. The van der Waals surface area contributed by atoms with Crippen LogP contribution in [0.5, 0.6) is 0 Å². The molecular weight excluding hydrogens is 737 g/mol. The highest BCUT2D eigenvalue weighted by atomic mass is 127. The van der Waals surface area contributed by atoms with Crippen LogP contribution in [0.25, 0.3) is 0 Å². The van der Waals surface area contributed by atoms with Gasteiger partial charge in [0.25, 0.3) is 15.7 Å². The number of nitrogens with one attached hydrogen (secondary N) is 2. The van der Waals surface area contributed by atoms with Gasteiger partial charge in [0, 0.05) is 51.8 Å². The number of nitrogens with zero attached hydrogens (tertiary/aromatic N) is 5. The summed E-state index contributed by atoms with van der Waals surface area (Å²) in [5.74, 6) is 0.108. The molecule has 1 atom stereocenters. The maximum Gasteiger partial charge on any atom is 0.321 e. The summed E-state index contributed by atoms with van der Waals surface area (Å²) in [5.41, 5.74) is -0.376. The average molecular weight is 772 g/mol. The van der Waals surface area contributed by atoms with Gasteiger partial charge in [-0.05, 0) is 72.0 Å². The predicted octanol–water partition coefficient (Wildman–Crippen LogP) is 5.66. The van der Waals surface area contributed by atoms with Gasteiger partial charge in [-0.3, -0.25) is 10.1 Å². The van der Waals surface area contributed by atoms with Gasteiger partial charge in [-0.2, -0.15) is 4.98 Å². The monoisotopic (exact) mass is 771 g/mol. The Morgan fingerprint density at radius 3 is 2.50 bits per heavy atom. The number of aromatic nitrogens is 2. The topological polar surface area (TPSA) is 177 Å². The maximum atomic E-state index is 14.4. The molecule has 2 aromatic rings. The summed E-state index contributed by atoms with van der Waals surface area (Å²) in [4.78, 5) is 33.3. The number of carbonyl (C=O) groups excluding carboxylic acids is 1. The van der Waals surface area contributed by atoms with Gasteiger partial charge in [0.15, 0.2) is 0 Å². The molecule has 42 heavy (non-hydrogen) atoms. The van der Waals surface area contributed by atoms with Crippen LogP contribution >= 0.6 is 34.2 Å². The lowest BCUT2D eigenvalue weighted by atomic mass is 10.3. The molecule has 2 amide bonds. The lowest BCUT2D eigenvalue weighted by Crippen LogP contribution is -2.32. The van der Waals surface area contributed by atoms with Crippen molar-refractivity contribution < 1.29 is 22.3 Å². The van der Waals surface area contributed by atoms with Crippen molar-refractivity contribution in [1.82, 2.24) is 14.9 Å². The number of non-ortho nitro benzene ring substituents is 1. The van der Waals surface area contributed by atoms with Crippen molar-refractivity contribution in [2.45, 2.75) is 56.3 Å². The van der Waals surface area contributed by atoms with E-state index in [1.54, 1.807) is 11.1 Å². The first-order valence-electron chi connectivity index (χ1n) is 13.3. The predicted molar refractivity (Wildman–Crippen MR) is 176 cm³/mol. The molecule has 1 unspecified atom stereocenters. The zero-order valence-corrected chi connectivity index (χ0v) is 29.2. The highest BCUT2D eigenvalue weighted by molar-refractivity contribution is 14.1. The number of rotatable bonds is 13. The third-order valence-corrected chi connectivity index (χ3v) is 13.8. The lowest BCUT2D eigenvalue weighted by Gasteiger charge is -2.18. The van der Waals surface area contributed by atoms with Gasteiger partial charge in [0.05, 0.1) is 34.6 Å². The lowest BCUT2D eigenvalue weighted by molar-refractivity contribution is -0.385. The van der Waals surface area contributed by atoms with E-state index in [4.69, 9.17) is 11.6 Å². The van der Waals surface area contributed by atoms with Gasteiger partial charge in [0.1, 0.15) is 5.82 Å². The average Bonchev–Trinajstić information content (AvgIpc) is 3.44. The zero-order valence-electron chi connectivity index (χ0n) is 23.6. The van der Waals surface area contributed by atoms with Gasteiger partial charge >= 0.3 is 6.03 Å². The SMILES string of the molecule is C[Si](C)(C)CCS(=O)(=O)N=S(=O)(CCCCNc1nc(Cl)ncc1I)c1cc(NC(=O)N2CCCC2)cc([N+](=O)[O-])c1. The molecule has 0 saturated carbocycles. The van der Waals surface area contributed by atoms with Crippen LogP contribution in [0, 0.1) is 13.7 Å². The summed E-state index contributed by atoms with van der Waals surface area (Å²) in [6.07, 6.45) is 4.03. The molecule has 1 aromatic carbocycles. The van der Waals surface area contributed by atoms with Crippen molar-refractivity contribution in [2.75, 3.05) is 41.8 Å². The molecule has 2 N–H and O–H groups in total. The number of carbonyl (C=O) groups is 1. The largest absolute Gasteiger partial charge is 0.369 e. The minimum absolute atomic E-state index is 0.0513. The summed E-state index contributed by atoms with van der Waals surface area (Å²) in [6.45, 7) is 7.60. The molecular formula is C24H35ClIN7O6S2Si. The summed E-state index contributed by atoms with van der Waals surface area (Å²) in [5, 5.41) is 17.6. The third kappa shape index (κ3) is 10.6. The van der Waals surface area contributed by atoms with E-state index in [1.807, 2.05) is 19.6 Å². The molecule has 1 saturated heterocycles. The van der Waals surface area contributed by atoms with Crippen molar-refractivity contribution in [1.29, 1.82) is 0 Å². The van der Waals surface area contributed by atoms with E-state index < -0.39 is 44.5 Å². The Hall–Kier alpha value is -2.09. The van der Waals surface area contributed by atoms with Crippen LogP contribution in [0.1, 0.15) is 25.7 Å². The van der Waals surface area contributed by atoms with Crippen LogP contribution in [-0.4, -0.2) is 77.7 Å². The van der Waals surface area contributed by atoms with E-state index in [-0.39, 0.29) is 33.8 Å². The van der Waals surface area contributed by atoms with Crippen molar-refractivity contribution in [3.8, 4) is 0 Å². The quantitative estimate of drug-likeness (QED) is 0.0650. The summed E-state index contributed by atoms with van der Waals surface area (Å²) >= 11 is 7.93. The number of benzene rings is 1. The van der Waals surface area contributed by atoms with E-state index in [0.717, 1.165) is 28.5 Å². The fourth-order valence-electron chi connectivity index (χ4n) is 4.02. The first kappa shape index (κ1) is 34.4. The molecule has 0 bridgehead atoms. The molecule has 1 fully saturated rings. The summed E-state index contributed by atoms with van der Waals surface area (Å²) < 4.78 is 45.2. The highest BCUT2D eigenvalue weighted by Crippen LogP contribution is 2.28. The number of likely N-dealkylation sites (tertiary alicyclic amines) is 1. The first-order chi connectivity index (χ1) is 19.6. The normalized spacial score (nSPS) is 15.2. The van der Waals surface area contributed by atoms with E-state index >= 15 is 0 Å². The second-order valence-electron chi connectivity index (χ2n) is 11.1. The second-order valence-corrected chi connectivity index (χ2v) is 22.5. The minimum atomic E-state index is -4.13. The van der Waals surface area contributed by atoms with Crippen LogP contribution in [0.4, 0.5) is 22.0 Å². The van der Waals surface area contributed by atoms with Crippen molar-refractivity contribution in [2.24, 2.45) is 3.77 Å². The van der Waals surface area contributed by atoms with Crippen molar-refractivity contribution in [3.63, 3.8) is 0 Å². The van der Waals surface area contributed by atoms with Crippen LogP contribution in [0.3, 0.4) is 0 Å². The fraction of sp³-hybridized carbons (Fsp3) is 0.542. The number of unbranched alkanes of at least 4 members (excludes halogenated alkanes) is 1. The first-order valence-corrected chi connectivity index (χ1v) is 21.8. The smallest absolute Gasteiger partial charge is 0.321 e. The van der Waals surface area contributed by atoms with Crippen LogP contribution in [-0.2, 0) is 19.8 Å². The highest BCUT2D eigenvalue weighted by Gasteiger charge is 2.26. The molecule has 232 valence electrons. The Labute approximate surface area is 266 Å². The molecule has 13 nitrogen and oxygen atoms in total. The van der Waals surface area contributed by atoms with E-state index in [0.29, 0.717) is 37.9 Å². The molecule has 0 aliphatic carbocycles. The Morgan fingerprint density at radius 2 is 1.86 bits per heavy atom. The molecule has 0 spiro atoms. The molecule has 2 heterocycles. The number of nitro groups is 1. The summed E-state index contributed by atoms with van der Waals surface area (Å²) in [7, 11) is -9.57. The van der Waals surface area contributed by atoms with Crippen LogP contribution in [0.15, 0.2) is 33.1 Å². The Bertz CT molecular complexity index is 1540. The minimum Gasteiger partial charge on any atom is -0.369 e. The molecule has 18 heteroatoms. The van der Waals surface area contributed by atoms with Gasteiger partial charge < -0.3 is 15.5 Å². The number of urea groups is 1. The van der Waals surface area contributed by atoms with E-state index in [1.165, 1.54) is 6.07 Å². The Balaban J connectivity index is 1.92. The van der Waals surface area contributed by atoms with Gasteiger partial charge in [0.2, 0.25) is 5.28 Å². The second kappa shape index (κ2) is 14.6. The summed E-state index contributed by atoms with van der Waals surface area (Å²) in [6, 6.07) is 3.55. The van der Waals surface area contributed by atoms with Gasteiger partial charge in [-0.1, -0.05) is 19.6 Å². The molecule has 0 radical (unpaired) electrons. The molecule has 3 rings (SSSR count). The van der Waals surface area contributed by atoms with Crippen molar-refractivity contribution >= 4 is 85.2 Å². The molecule has 1 aromatic heterocycles. The zero-order chi connectivity index (χ0) is 31.1. The van der Waals surface area contributed by atoms with E-state index in [2.05, 4.69) is 47.0 Å². The number of hydrogen-bond acceptors (Lipinski definition) is 9. The number of sulfonamides is 1. The molecule has 1 aliphatic heterocycles. The number of nitro benzene ring substituents is 1. The third-order valence-electron chi connectivity index (χ3n) is 6.31. The Kier molecular flexibility index (Phi) is 11.9. The number of anilines is 2. The Morgan fingerprint density at radius 1 is 1.17 bits per heavy atom. The number of amides is 2. The number of halogens is 2.